The summed E-state index contributed by atoms with van der Waals surface area (Å²) in [6, 6.07) is 17.0. The Hall–Kier alpha value is -2.98. The molecule has 98 valence electrons. The molecule has 0 unspecified atom stereocenters. The fourth-order valence-corrected chi connectivity index (χ4v) is 2.07. The number of nitriles is 2. The first-order valence-corrected chi connectivity index (χ1v) is 6.14. The molecule has 0 aliphatic rings. The maximum atomic E-state index is 9.16. The Morgan fingerprint density at radius 3 is 2.60 bits per heavy atom. The molecular formula is C16H14N4. The summed E-state index contributed by atoms with van der Waals surface area (Å²) in [5.74, 6) is 0. The van der Waals surface area contributed by atoms with Crippen LogP contribution in [0.5, 0.6) is 0 Å². The fraction of sp³-hybridized carbons (Fsp3) is 0.125. The minimum Gasteiger partial charge on any atom is -0.399 e. The summed E-state index contributed by atoms with van der Waals surface area (Å²) in [6.07, 6.45) is 0. The maximum Gasteiger partial charge on any atom is 0.101 e. The van der Waals surface area contributed by atoms with Crippen LogP contribution in [0.2, 0.25) is 0 Å². The molecule has 2 aromatic rings. The molecule has 0 atom stereocenters. The van der Waals surface area contributed by atoms with Gasteiger partial charge in [0.05, 0.1) is 22.9 Å². The van der Waals surface area contributed by atoms with Crippen LogP contribution >= 0.6 is 0 Å². The summed E-state index contributed by atoms with van der Waals surface area (Å²) in [6.45, 7) is 0.619. The third-order valence-electron chi connectivity index (χ3n) is 3.03. The largest absolute Gasteiger partial charge is 0.399 e. The molecule has 0 aromatic heterocycles. The average molecular weight is 262 g/mol. The molecule has 0 fully saturated rings. The highest BCUT2D eigenvalue weighted by molar-refractivity contribution is 5.64. The van der Waals surface area contributed by atoms with Gasteiger partial charge in [-0.15, -0.1) is 0 Å². The Labute approximate surface area is 118 Å². The van der Waals surface area contributed by atoms with Gasteiger partial charge in [-0.05, 0) is 35.9 Å². The Kier molecular flexibility index (Phi) is 3.88. The summed E-state index contributed by atoms with van der Waals surface area (Å²) in [5, 5.41) is 18.1. The lowest BCUT2D eigenvalue weighted by molar-refractivity contribution is 0.920. The van der Waals surface area contributed by atoms with Gasteiger partial charge in [0.25, 0.3) is 0 Å². The predicted molar refractivity (Wildman–Crippen MR) is 78.8 cm³/mol. The van der Waals surface area contributed by atoms with Gasteiger partial charge < -0.3 is 10.6 Å². The van der Waals surface area contributed by atoms with E-state index in [1.54, 1.807) is 18.2 Å². The smallest absolute Gasteiger partial charge is 0.101 e. The first-order valence-electron chi connectivity index (χ1n) is 6.14. The van der Waals surface area contributed by atoms with Gasteiger partial charge >= 0.3 is 0 Å². The monoisotopic (exact) mass is 262 g/mol. The van der Waals surface area contributed by atoms with Gasteiger partial charge in [-0.1, -0.05) is 12.1 Å². The second kappa shape index (κ2) is 5.77. The van der Waals surface area contributed by atoms with E-state index in [2.05, 4.69) is 12.1 Å². The van der Waals surface area contributed by atoms with Crippen molar-refractivity contribution in [2.75, 3.05) is 17.7 Å². The van der Waals surface area contributed by atoms with Crippen LogP contribution in [0.15, 0.2) is 42.5 Å². The van der Waals surface area contributed by atoms with Crippen LogP contribution in [-0.4, -0.2) is 7.05 Å². The molecule has 0 aliphatic heterocycles. The zero-order valence-corrected chi connectivity index (χ0v) is 11.2. The van der Waals surface area contributed by atoms with Gasteiger partial charge in [-0.25, -0.2) is 0 Å². The summed E-state index contributed by atoms with van der Waals surface area (Å²) < 4.78 is 0. The Morgan fingerprint density at radius 1 is 1.10 bits per heavy atom. The topological polar surface area (TPSA) is 76.8 Å². The van der Waals surface area contributed by atoms with E-state index in [1.165, 1.54) is 0 Å². The standard InChI is InChI=1S/C16H14N4/c1-20(11-13-4-2-3-12(7-13)9-17)16-6-5-15(19)8-14(16)10-18/h2-8H,11,19H2,1H3. The number of nitrogens with zero attached hydrogens (tertiary/aromatic N) is 3. The van der Waals surface area contributed by atoms with Gasteiger partial charge in [0.2, 0.25) is 0 Å². The lowest BCUT2D eigenvalue weighted by Gasteiger charge is -2.21. The number of nitrogen functional groups attached to an aromatic ring is 1. The lowest BCUT2D eigenvalue weighted by Crippen LogP contribution is -2.17. The minimum atomic E-state index is 0.545. The van der Waals surface area contributed by atoms with Crippen LogP contribution in [0.4, 0.5) is 11.4 Å². The first kappa shape index (κ1) is 13.5. The van der Waals surface area contributed by atoms with E-state index in [4.69, 9.17) is 16.3 Å². The summed E-state index contributed by atoms with van der Waals surface area (Å²) in [4.78, 5) is 1.97. The van der Waals surface area contributed by atoms with Gasteiger partial charge in [-0.2, -0.15) is 10.5 Å². The van der Waals surface area contributed by atoms with Crippen LogP contribution < -0.4 is 10.6 Å². The molecule has 0 bridgehead atoms. The SMILES string of the molecule is CN(Cc1cccc(C#N)c1)c1ccc(N)cc1C#N. The minimum absolute atomic E-state index is 0.545. The molecule has 0 heterocycles. The molecule has 0 amide bonds. The van der Waals surface area contributed by atoms with E-state index in [0.717, 1.165) is 11.3 Å². The summed E-state index contributed by atoms with van der Waals surface area (Å²) >= 11 is 0. The van der Waals surface area contributed by atoms with Crippen LogP contribution in [0, 0.1) is 22.7 Å². The fourth-order valence-electron chi connectivity index (χ4n) is 2.07. The molecule has 2 N–H and O–H groups in total. The zero-order valence-electron chi connectivity index (χ0n) is 11.2. The lowest BCUT2D eigenvalue weighted by atomic mass is 10.1. The second-order valence-corrected chi connectivity index (χ2v) is 4.56. The van der Waals surface area contributed by atoms with Gasteiger partial charge in [-0.3, -0.25) is 0 Å². The molecule has 4 nitrogen and oxygen atoms in total. The number of benzene rings is 2. The van der Waals surface area contributed by atoms with Gasteiger partial charge in [0.1, 0.15) is 6.07 Å². The van der Waals surface area contributed by atoms with Gasteiger partial charge in [0, 0.05) is 19.3 Å². The van der Waals surface area contributed by atoms with Crippen LogP contribution in [0.3, 0.4) is 0 Å². The number of hydrogen-bond acceptors (Lipinski definition) is 4. The number of nitrogens with two attached hydrogens (primary N) is 1. The molecule has 20 heavy (non-hydrogen) atoms. The summed E-state index contributed by atoms with van der Waals surface area (Å²) in [7, 11) is 1.91. The quantitative estimate of drug-likeness (QED) is 0.863. The van der Waals surface area contributed by atoms with Crippen molar-refractivity contribution < 1.29 is 0 Å². The third-order valence-corrected chi connectivity index (χ3v) is 3.03. The van der Waals surface area contributed by atoms with Crippen LogP contribution in [0.25, 0.3) is 0 Å². The molecule has 0 saturated heterocycles. The molecule has 2 aromatic carbocycles. The molecule has 0 spiro atoms. The van der Waals surface area contributed by atoms with Crippen molar-refractivity contribution in [3.05, 3.63) is 59.2 Å². The highest BCUT2D eigenvalue weighted by Gasteiger charge is 2.08. The van der Waals surface area contributed by atoms with Crippen LogP contribution in [-0.2, 0) is 6.54 Å². The molecule has 0 aliphatic carbocycles. The van der Waals surface area contributed by atoms with Crippen molar-refractivity contribution in [1.29, 1.82) is 10.5 Å². The van der Waals surface area contributed by atoms with Crippen molar-refractivity contribution >= 4 is 11.4 Å². The average Bonchev–Trinajstić information content (AvgIpc) is 2.47. The predicted octanol–water partition coefficient (Wildman–Crippen LogP) is 2.65. The van der Waals surface area contributed by atoms with E-state index in [-0.39, 0.29) is 0 Å². The van der Waals surface area contributed by atoms with Crippen molar-refractivity contribution in [3.63, 3.8) is 0 Å². The molecular weight excluding hydrogens is 248 g/mol. The number of anilines is 2. The normalized spacial score (nSPS) is 9.55. The van der Waals surface area contributed by atoms with E-state index < -0.39 is 0 Å². The summed E-state index contributed by atoms with van der Waals surface area (Å²) in [5.41, 5.74) is 9.28. The van der Waals surface area contributed by atoms with E-state index in [1.807, 2.05) is 36.2 Å². The zero-order chi connectivity index (χ0) is 14.5. The van der Waals surface area contributed by atoms with E-state index >= 15 is 0 Å². The van der Waals surface area contributed by atoms with Gasteiger partial charge in [0.15, 0.2) is 0 Å². The highest BCUT2D eigenvalue weighted by Crippen LogP contribution is 2.23. The van der Waals surface area contributed by atoms with Crippen molar-refractivity contribution in [1.82, 2.24) is 0 Å². The Balaban J connectivity index is 2.26. The maximum absolute atomic E-state index is 9.16. The second-order valence-electron chi connectivity index (χ2n) is 4.56. The molecule has 0 radical (unpaired) electrons. The third kappa shape index (κ3) is 2.88. The number of rotatable bonds is 3. The molecule has 2 rings (SSSR count). The van der Waals surface area contributed by atoms with Crippen molar-refractivity contribution in [2.24, 2.45) is 0 Å². The van der Waals surface area contributed by atoms with E-state index in [0.29, 0.717) is 23.4 Å². The van der Waals surface area contributed by atoms with Crippen molar-refractivity contribution in [3.8, 4) is 12.1 Å². The Morgan fingerprint density at radius 2 is 1.90 bits per heavy atom. The first-order chi connectivity index (χ1) is 9.63. The number of hydrogen-bond donors (Lipinski definition) is 1. The molecule has 4 heteroatoms. The Bertz CT molecular complexity index is 707. The molecule has 0 saturated carbocycles. The van der Waals surface area contributed by atoms with E-state index in [9.17, 15) is 0 Å². The van der Waals surface area contributed by atoms with Crippen molar-refractivity contribution in [2.45, 2.75) is 6.54 Å². The van der Waals surface area contributed by atoms with Crippen LogP contribution in [0.1, 0.15) is 16.7 Å². The highest BCUT2D eigenvalue weighted by atomic mass is 15.1.